The van der Waals surface area contributed by atoms with Gasteiger partial charge in [-0.2, -0.15) is 0 Å². The van der Waals surface area contributed by atoms with Crippen LogP contribution in [-0.2, 0) is 13.2 Å². The fraction of sp³-hybridized carbons (Fsp3) is 0.312. The quantitative estimate of drug-likeness (QED) is 0.907. The molecule has 0 aliphatic carbocycles. The van der Waals surface area contributed by atoms with E-state index in [2.05, 4.69) is 0 Å². The molecule has 0 bridgehead atoms. The second-order valence-corrected chi connectivity index (χ2v) is 4.87. The monoisotopic (exact) mass is 273 g/mol. The van der Waals surface area contributed by atoms with Crippen LogP contribution in [0.5, 0.6) is 5.75 Å². The van der Waals surface area contributed by atoms with E-state index in [1.807, 2.05) is 41.8 Å². The summed E-state index contributed by atoms with van der Waals surface area (Å²) >= 11 is 0. The normalized spacial score (nSPS) is 12.2. The van der Waals surface area contributed by atoms with Crippen molar-refractivity contribution in [1.29, 1.82) is 0 Å². The van der Waals surface area contributed by atoms with Gasteiger partial charge in [-0.1, -0.05) is 30.3 Å². The third kappa shape index (κ3) is 3.48. The first kappa shape index (κ1) is 14.3. The molecular formula is C16H19NO3. The van der Waals surface area contributed by atoms with Gasteiger partial charge in [0.2, 0.25) is 5.43 Å². The Morgan fingerprint density at radius 2 is 1.95 bits per heavy atom. The molecule has 2 aromatic rings. The first-order valence-corrected chi connectivity index (χ1v) is 6.62. The fourth-order valence-electron chi connectivity index (χ4n) is 2.04. The summed E-state index contributed by atoms with van der Waals surface area (Å²) in [6.07, 6.45) is 1.21. The molecule has 1 atom stereocenters. The van der Waals surface area contributed by atoms with Gasteiger partial charge in [0.25, 0.3) is 0 Å². The lowest BCUT2D eigenvalue weighted by atomic mass is 10.2. The lowest BCUT2D eigenvalue weighted by Gasteiger charge is -2.16. The third-order valence-corrected chi connectivity index (χ3v) is 3.08. The zero-order valence-corrected chi connectivity index (χ0v) is 11.7. The highest BCUT2D eigenvalue weighted by molar-refractivity contribution is 5.28. The van der Waals surface area contributed by atoms with Crippen molar-refractivity contribution in [2.45, 2.75) is 33.1 Å². The fourth-order valence-corrected chi connectivity index (χ4v) is 2.04. The van der Waals surface area contributed by atoms with Crippen molar-refractivity contribution < 1.29 is 9.84 Å². The van der Waals surface area contributed by atoms with E-state index in [9.17, 15) is 9.90 Å². The highest BCUT2D eigenvalue weighted by Gasteiger charge is 2.10. The molecule has 4 heteroatoms. The van der Waals surface area contributed by atoms with Crippen LogP contribution in [0, 0.1) is 6.92 Å². The van der Waals surface area contributed by atoms with Crippen molar-refractivity contribution in [3.05, 3.63) is 64.1 Å². The van der Waals surface area contributed by atoms with Crippen LogP contribution < -0.4 is 10.2 Å². The van der Waals surface area contributed by atoms with Crippen molar-refractivity contribution in [2.75, 3.05) is 0 Å². The molecular weight excluding hydrogens is 254 g/mol. The summed E-state index contributed by atoms with van der Waals surface area (Å²) in [5.41, 5.74) is 1.60. The molecule has 1 aromatic heterocycles. The summed E-state index contributed by atoms with van der Waals surface area (Å²) in [5.74, 6) is 0.344. The zero-order valence-electron chi connectivity index (χ0n) is 11.7. The Morgan fingerprint density at radius 1 is 1.25 bits per heavy atom. The van der Waals surface area contributed by atoms with Crippen molar-refractivity contribution in [2.24, 2.45) is 0 Å². The summed E-state index contributed by atoms with van der Waals surface area (Å²) in [6.45, 7) is 4.33. The minimum atomic E-state index is -0.474. The molecule has 0 aliphatic heterocycles. The molecule has 1 heterocycles. The van der Waals surface area contributed by atoms with E-state index in [1.165, 1.54) is 6.07 Å². The van der Waals surface area contributed by atoms with Gasteiger partial charge in [-0.15, -0.1) is 0 Å². The van der Waals surface area contributed by atoms with E-state index in [0.29, 0.717) is 18.9 Å². The van der Waals surface area contributed by atoms with Crippen molar-refractivity contribution >= 4 is 0 Å². The van der Waals surface area contributed by atoms with Crippen molar-refractivity contribution in [3.8, 4) is 5.75 Å². The second kappa shape index (κ2) is 6.39. The van der Waals surface area contributed by atoms with Crippen molar-refractivity contribution in [1.82, 2.24) is 4.57 Å². The second-order valence-electron chi connectivity index (χ2n) is 4.87. The summed E-state index contributed by atoms with van der Waals surface area (Å²) in [7, 11) is 0. The predicted molar refractivity (Wildman–Crippen MR) is 77.9 cm³/mol. The van der Waals surface area contributed by atoms with Crippen LogP contribution in [0.2, 0.25) is 0 Å². The number of aliphatic hydroxyl groups excluding tert-OH is 1. The van der Waals surface area contributed by atoms with Gasteiger partial charge < -0.3 is 14.4 Å². The van der Waals surface area contributed by atoms with Crippen LogP contribution in [-0.4, -0.2) is 15.8 Å². The van der Waals surface area contributed by atoms with Gasteiger partial charge in [0.05, 0.1) is 11.8 Å². The Balaban J connectivity index is 2.20. The molecule has 0 aliphatic rings. The van der Waals surface area contributed by atoms with E-state index in [-0.39, 0.29) is 5.43 Å². The molecule has 0 fully saturated rings. The Bertz CT molecular complexity index is 617. The number of aliphatic hydroxyl groups is 1. The summed E-state index contributed by atoms with van der Waals surface area (Å²) in [6, 6.07) is 11.2. The van der Waals surface area contributed by atoms with Crippen LogP contribution in [0.25, 0.3) is 0 Å². The van der Waals surface area contributed by atoms with Crippen LogP contribution in [0.15, 0.2) is 47.4 Å². The molecule has 0 saturated heterocycles. The van der Waals surface area contributed by atoms with Crippen molar-refractivity contribution in [3.63, 3.8) is 0 Å². The number of nitrogens with zero attached hydrogens (tertiary/aromatic N) is 1. The molecule has 0 spiro atoms. The van der Waals surface area contributed by atoms with Crippen LogP contribution in [0.3, 0.4) is 0 Å². The lowest BCUT2D eigenvalue weighted by molar-refractivity contribution is 0.171. The van der Waals surface area contributed by atoms with E-state index >= 15 is 0 Å². The number of rotatable bonds is 5. The molecule has 4 nitrogen and oxygen atoms in total. The summed E-state index contributed by atoms with van der Waals surface area (Å²) in [5, 5.41) is 9.46. The van der Waals surface area contributed by atoms with E-state index in [1.54, 1.807) is 13.1 Å². The Kier molecular flexibility index (Phi) is 4.58. The number of ether oxygens (including phenoxy) is 1. The summed E-state index contributed by atoms with van der Waals surface area (Å²) in [4.78, 5) is 11.9. The standard InChI is InChI=1S/C16H19NO3/c1-12(18)10-17-9-8-15(19)16(13(17)2)20-11-14-6-4-3-5-7-14/h3-9,12,18H,10-11H2,1-2H3. The van der Waals surface area contributed by atoms with Gasteiger partial charge in [0.1, 0.15) is 6.61 Å². The van der Waals surface area contributed by atoms with Gasteiger partial charge >= 0.3 is 0 Å². The van der Waals surface area contributed by atoms with Gasteiger partial charge in [-0.3, -0.25) is 4.79 Å². The maximum Gasteiger partial charge on any atom is 0.223 e. The Labute approximate surface area is 118 Å². The first-order chi connectivity index (χ1) is 9.58. The average molecular weight is 273 g/mol. The highest BCUT2D eigenvalue weighted by Crippen LogP contribution is 2.14. The Morgan fingerprint density at radius 3 is 2.60 bits per heavy atom. The van der Waals surface area contributed by atoms with Gasteiger partial charge in [0.15, 0.2) is 5.75 Å². The molecule has 0 saturated carbocycles. The van der Waals surface area contributed by atoms with Crippen LogP contribution in [0.1, 0.15) is 18.2 Å². The highest BCUT2D eigenvalue weighted by atomic mass is 16.5. The third-order valence-electron chi connectivity index (χ3n) is 3.08. The van der Waals surface area contributed by atoms with E-state index < -0.39 is 6.10 Å². The molecule has 20 heavy (non-hydrogen) atoms. The van der Waals surface area contributed by atoms with Crippen LogP contribution >= 0.6 is 0 Å². The predicted octanol–water partition coefficient (Wildman–Crippen LogP) is 2.12. The smallest absolute Gasteiger partial charge is 0.223 e. The average Bonchev–Trinajstić information content (AvgIpc) is 2.43. The SMILES string of the molecule is Cc1c(OCc2ccccc2)c(=O)ccn1CC(C)O. The van der Waals surface area contributed by atoms with Gasteiger partial charge in [0, 0.05) is 18.8 Å². The maximum absolute atomic E-state index is 11.9. The number of hydrogen-bond donors (Lipinski definition) is 1. The van der Waals surface area contributed by atoms with Gasteiger partial charge in [-0.05, 0) is 19.4 Å². The molecule has 2 rings (SSSR count). The largest absolute Gasteiger partial charge is 0.483 e. The molecule has 0 amide bonds. The van der Waals surface area contributed by atoms with Gasteiger partial charge in [-0.25, -0.2) is 0 Å². The van der Waals surface area contributed by atoms with E-state index in [4.69, 9.17) is 4.74 Å². The number of aromatic nitrogens is 1. The molecule has 0 radical (unpaired) electrons. The molecule has 1 unspecified atom stereocenters. The minimum absolute atomic E-state index is 0.139. The van der Waals surface area contributed by atoms with Crippen LogP contribution in [0.4, 0.5) is 0 Å². The lowest BCUT2D eigenvalue weighted by Crippen LogP contribution is -2.19. The molecule has 1 N–H and O–H groups in total. The Hall–Kier alpha value is -2.07. The first-order valence-electron chi connectivity index (χ1n) is 6.62. The topological polar surface area (TPSA) is 51.5 Å². The maximum atomic E-state index is 11.9. The number of pyridine rings is 1. The van der Waals surface area contributed by atoms with E-state index in [0.717, 1.165) is 11.3 Å². The number of hydrogen-bond acceptors (Lipinski definition) is 3. The number of benzene rings is 1. The molecule has 106 valence electrons. The molecule has 1 aromatic carbocycles. The minimum Gasteiger partial charge on any atom is -0.483 e. The zero-order chi connectivity index (χ0) is 14.5. The summed E-state index contributed by atoms with van der Waals surface area (Å²) < 4.78 is 7.49.